The van der Waals surface area contributed by atoms with Crippen molar-refractivity contribution in [3.8, 4) is 28.2 Å². The van der Waals surface area contributed by atoms with Crippen LogP contribution in [-0.2, 0) is 20.1 Å². The Bertz CT molecular complexity index is 2440. The van der Waals surface area contributed by atoms with E-state index in [4.69, 9.17) is 5.10 Å². The average molecular weight is 817 g/mol. The minimum Gasteiger partial charge on any atom is -0.340 e. The summed E-state index contributed by atoms with van der Waals surface area (Å²) in [7, 11) is 0. The van der Waals surface area contributed by atoms with Gasteiger partial charge in [-0.25, -0.2) is 0 Å². The third-order valence-electron chi connectivity index (χ3n) is 9.23. The molecule has 247 valence electrons. The SMILES string of the molecule is Cc1cc(C)c(-c2cc[c-]c3c2c2cccc(C)c2c2cc(C)nn32)c(C)c1.Cc1cc(C)c(-n2ccnc2-c2[c-]cccc2)c(C)c1.[Ir]. The standard InChI is InChI=1S/C26H23N2.C18H17N2.Ir/c1-15-12-17(3)24(18(4)13-15)20-10-7-11-22-26(20)21-9-6-8-16(2)25(21)23-14-19(5)27-28(22)23;1-13-11-14(2)17(15(3)12-13)20-10-9-19-18(20)16-7-5-4-6-8-16;/h6-10,12-14H,1-5H3;4-7,9-12H,1-3H3;/q2*-1;. The van der Waals surface area contributed by atoms with Crippen LogP contribution in [0.25, 0.3) is 55.4 Å². The number of nitrogens with zero attached hydrogens (tertiary/aromatic N) is 4. The Labute approximate surface area is 302 Å². The quantitative estimate of drug-likeness (QED) is 0.132. The van der Waals surface area contributed by atoms with Crippen LogP contribution in [0, 0.1) is 67.5 Å². The van der Waals surface area contributed by atoms with Crippen LogP contribution in [0.1, 0.15) is 44.6 Å². The largest absolute Gasteiger partial charge is 0.340 e. The Balaban J connectivity index is 0.000000176. The number of aryl methyl sites for hydroxylation is 8. The molecule has 0 saturated carbocycles. The first-order valence-electron chi connectivity index (χ1n) is 16.5. The van der Waals surface area contributed by atoms with E-state index in [1.165, 1.54) is 71.9 Å². The monoisotopic (exact) mass is 817 g/mol. The van der Waals surface area contributed by atoms with Crippen molar-refractivity contribution < 1.29 is 20.1 Å². The molecule has 0 amide bonds. The summed E-state index contributed by atoms with van der Waals surface area (Å²) in [6, 6.07) is 36.6. The molecule has 0 aliphatic heterocycles. The summed E-state index contributed by atoms with van der Waals surface area (Å²) in [6.07, 6.45) is 3.86. The summed E-state index contributed by atoms with van der Waals surface area (Å²) in [5.41, 5.74) is 17.0. The van der Waals surface area contributed by atoms with Gasteiger partial charge in [0.05, 0.1) is 17.0 Å². The second-order valence-electron chi connectivity index (χ2n) is 13.1. The molecule has 0 aliphatic carbocycles. The van der Waals surface area contributed by atoms with E-state index in [0.717, 1.165) is 28.1 Å². The first kappa shape index (κ1) is 34.0. The number of aromatic nitrogens is 4. The topological polar surface area (TPSA) is 35.1 Å². The average Bonchev–Trinajstić information content (AvgIpc) is 3.68. The van der Waals surface area contributed by atoms with Crippen molar-refractivity contribution in [1.29, 1.82) is 0 Å². The van der Waals surface area contributed by atoms with Gasteiger partial charge in [-0.05, 0) is 106 Å². The minimum absolute atomic E-state index is 0. The third kappa shape index (κ3) is 6.14. The Morgan fingerprint density at radius 3 is 2.00 bits per heavy atom. The molecule has 0 atom stereocenters. The molecule has 4 nitrogen and oxygen atoms in total. The van der Waals surface area contributed by atoms with Gasteiger partial charge in [0.2, 0.25) is 0 Å². The predicted octanol–water partition coefficient (Wildman–Crippen LogP) is 10.9. The minimum atomic E-state index is 0. The van der Waals surface area contributed by atoms with E-state index in [1.807, 2.05) is 42.7 Å². The van der Waals surface area contributed by atoms with Crippen molar-refractivity contribution in [2.45, 2.75) is 55.4 Å². The first-order valence-corrected chi connectivity index (χ1v) is 16.5. The van der Waals surface area contributed by atoms with Crippen molar-refractivity contribution >= 4 is 27.2 Å². The summed E-state index contributed by atoms with van der Waals surface area (Å²) in [5, 5.41) is 8.59. The van der Waals surface area contributed by atoms with Crippen LogP contribution in [0.4, 0.5) is 0 Å². The molecule has 8 rings (SSSR count). The van der Waals surface area contributed by atoms with Gasteiger partial charge in [0.15, 0.2) is 0 Å². The molecule has 0 fully saturated rings. The van der Waals surface area contributed by atoms with Crippen molar-refractivity contribution in [1.82, 2.24) is 19.2 Å². The molecular weight excluding hydrogens is 777 g/mol. The molecule has 0 N–H and O–H groups in total. The van der Waals surface area contributed by atoms with Gasteiger partial charge in [-0.15, -0.1) is 41.5 Å². The zero-order valence-corrected chi connectivity index (χ0v) is 31.8. The summed E-state index contributed by atoms with van der Waals surface area (Å²) in [5.74, 6) is 0.931. The smallest absolute Gasteiger partial charge is 0.0717 e. The number of imidazole rings is 1. The van der Waals surface area contributed by atoms with Crippen LogP contribution in [0.2, 0.25) is 0 Å². The van der Waals surface area contributed by atoms with Gasteiger partial charge in [-0.2, -0.15) is 23.3 Å². The normalized spacial score (nSPS) is 11.1. The molecular formula is C44H40IrN4-2. The molecule has 0 unspecified atom stereocenters. The zero-order valence-electron chi connectivity index (χ0n) is 29.4. The summed E-state index contributed by atoms with van der Waals surface area (Å²) < 4.78 is 4.22. The first-order chi connectivity index (χ1) is 23.1. The molecule has 0 spiro atoms. The van der Waals surface area contributed by atoms with E-state index in [0.29, 0.717) is 0 Å². The van der Waals surface area contributed by atoms with Gasteiger partial charge in [-0.1, -0.05) is 64.4 Å². The van der Waals surface area contributed by atoms with Gasteiger partial charge in [0.1, 0.15) is 0 Å². The molecule has 1 radical (unpaired) electrons. The van der Waals surface area contributed by atoms with Crippen LogP contribution in [-0.4, -0.2) is 19.2 Å². The van der Waals surface area contributed by atoms with E-state index in [-0.39, 0.29) is 20.1 Å². The zero-order chi connectivity index (χ0) is 33.7. The molecule has 0 saturated heterocycles. The Morgan fingerprint density at radius 1 is 0.633 bits per heavy atom. The second kappa shape index (κ2) is 13.6. The van der Waals surface area contributed by atoms with Crippen molar-refractivity contribution in [3.63, 3.8) is 0 Å². The fourth-order valence-electron chi connectivity index (χ4n) is 7.57. The van der Waals surface area contributed by atoms with Gasteiger partial charge in [-0.3, -0.25) is 9.50 Å². The van der Waals surface area contributed by atoms with E-state index in [1.54, 1.807) is 0 Å². The molecule has 0 bridgehead atoms. The molecule has 3 aromatic heterocycles. The van der Waals surface area contributed by atoms with Gasteiger partial charge in [0.25, 0.3) is 0 Å². The molecule has 8 aromatic rings. The van der Waals surface area contributed by atoms with E-state index >= 15 is 0 Å². The van der Waals surface area contributed by atoms with Gasteiger partial charge >= 0.3 is 0 Å². The molecule has 0 aliphatic rings. The number of fused-ring (bicyclic) bond motifs is 6. The predicted molar refractivity (Wildman–Crippen MR) is 200 cm³/mol. The van der Waals surface area contributed by atoms with Gasteiger partial charge < -0.3 is 4.57 Å². The van der Waals surface area contributed by atoms with Crippen LogP contribution >= 0.6 is 0 Å². The fraction of sp³-hybridized carbons (Fsp3) is 0.182. The maximum absolute atomic E-state index is 4.81. The molecule has 5 heteroatoms. The van der Waals surface area contributed by atoms with Crippen molar-refractivity contribution in [3.05, 3.63) is 154 Å². The fourth-order valence-corrected chi connectivity index (χ4v) is 7.57. The Kier molecular flexibility index (Phi) is 9.44. The van der Waals surface area contributed by atoms with E-state index in [2.05, 4.69) is 136 Å². The number of pyridine rings is 1. The summed E-state index contributed by atoms with van der Waals surface area (Å²) >= 11 is 0. The summed E-state index contributed by atoms with van der Waals surface area (Å²) in [6.45, 7) is 17.2. The van der Waals surface area contributed by atoms with Crippen LogP contribution < -0.4 is 0 Å². The molecule has 49 heavy (non-hydrogen) atoms. The van der Waals surface area contributed by atoms with E-state index in [9.17, 15) is 0 Å². The number of benzene rings is 5. The van der Waals surface area contributed by atoms with Crippen LogP contribution in [0.15, 0.2) is 97.3 Å². The maximum Gasteiger partial charge on any atom is 0.0717 e. The van der Waals surface area contributed by atoms with Gasteiger partial charge in [0, 0.05) is 38.2 Å². The molecule has 5 aromatic carbocycles. The number of hydrogen-bond acceptors (Lipinski definition) is 2. The second-order valence-corrected chi connectivity index (χ2v) is 13.1. The Hall–Kier alpha value is -4.83. The molecule has 3 heterocycles. The third-order valence-corrected chi connectivity index (χ3v) is 9.23. The van der Waals surface area contributed by atoms with Crippen molar-refractivity contribution in [2.75, 3.05) is 0 Å². The number of rotatable bonds is 3. The summed E-state index contributed by atoms with van der Waals surface area (Å²) in [4.78, 5) is 4.50. The van der Waals surface area contributed by atoms with Crippen molar-refractivity contribution in [2.24, 2.45) is 0 Å². The van der Waals surface area contributed by atoms with Crippen LogP contribution in [0.3, 0.4) is 0 Å². The van der Waals surface area contributed by atoms with E-state index < -0.39 is 0 Å². The maximum atomic E-state index is 4.81. The van der Waals surface area contributed by atoms with Crippen LogP contribution in [0.5, 0.6) is 0 Å². The number of hydrogen-bond donors (Lipinski definition) is 0. The Morgan fingerprint density at radius 2 is 1.33 bits per heavy atom.